The number of carbonyl (C=O) groups is 3. The van der Waals surface area contributed by atoms with Crippen LogP contribution < -0.4 is 10.6 Å². The summed E-state index contributed by atoms with van der Waals surface area (Å²) < 4.78 is 15.8. The second-order valence-electron chi connectivity index (χ2n) is 8.38. The molecule has 2 N–H and O–H groups in total. The summed E-state index contributed by atoms with van der Waals surface area (Å²) in [5.74, 6) is -1.11. The monoisotopic (exact) mass is 456 g/mol. The van der Waals surface area contributed by atoms with Gasteiger partial charge in [0, 0.05) is 13.1 Å². The Kier molecular flexibility index (Phi) is 10.4. The van der Waals surface area contributed by atoms with Gasteiger partial charge in [0.2, 0.25) is 0 Å². The first-order valence-corrected chi connectivity index (χ1v) is 10.8. The Bertz CT molecular complexity index is 881. The number of alkyl carbamates (subject to hydrolysis) is 1. The van der Waals surface area contributed by atoms with Gasteiger partial charge in [0.05, 0.1) is 6.42 Å². The SMILES string of the molecule is CC(C)(C)OC(=O)NCCN[C@@H](CC(=O)OCc1ccccc1)C(=O)OCc1ccccc1. The summed E-state index contributed by atoms with van der Waals surface area (Å²) in [7, 11) is 0. The van der Waals surface area contributed by atoms with Crippen LogP contribution in [-0.4, -0.2) is 42.8 Å². The van der Waals surface area contributed by atoms with Crippen LogP contribution in [0.4, 0.5) is 4.79 Å². The number of esters is 2. The molecule has 0 heterocycles. The molecule has 2 aromatic rings. The lowest BCUT2D eigenvalue weighted by molar-refractivity contribution is -0.154. The topological polar surface area (TPSA) is 103 Å². The molecule has 0 unspecified atom stereocenters. The second kappa shape index (κ2) is 13.2. The highest BCUT2D eigenvalue weighted by molar-refractivity contribution is 5.82. The molecule has 0 saturated heterocycles. The summed E-state index contributed by atoms with van der Waals surface area (Å²) in [6.07, 6.45) is -0.762. The minimum atomic E-state index is -0.919. The van der Waals surface area contributed by atoms with Crippen LogP contribution in [-0.2, 0) is 37.0 Å². The summed E-state index contributed by atoms with van der Waals surface area (Å²) in [5.41, 5.74) is 1.08. The molecule has 178 valence electrons. The van der Waals surface area contributed by atoms with Gasteiger partial charge in [-0.1, -0.05) is 60.7 Å². The molecule has 0 aliphatic heterocycles. The van der Waals surface area contributed by atoms with Crippen molar-refractivity contribution < 1.29 is 28.6 Å². The number of carbonyl (C=O) groups excluding carboxylic acids is 3. The summed E-state index contributed by atoms with van der Waals surface area (Å²) in [6.45, 7) is 5.95. The van der Waals surface area contributed by atoms with E-state index in [0.717, 1.165) is 11.1 Å². The molecule has 1 atom stereocenters. The lowest BCUT2D eigenvalue weighted by atomic mass is 10.2. The molecular weight excluding hydrogens is 424 g/mol. The van der Waals surface area contributed by atoms with Gasteiger partial charge in [0.1, 0.15) is 24.9 Å². The van der Waals surface area contributed by atoms with Crippen molar-refractivity contribution in [2.24, 2.45) is 0 Å². The standard InChI is InChI=1S/C25H32N2O6/c1-25(2,3)33-24(30)27-15-14-26-21(23(29)32-18-20-12-8-5-9-13-20)16-22(28)31-17-19-10-6-4-7-11-19/h4-13,21,26H,14-18H2,1-3H3,(H,27,30)/t21-/m0/s1. The Morgan fingerprint density at radius 3 is 1.91 bits per heavy atom. The van der Waals surface area contributed by atoms with Gasteiger partial charge in [-0.05, 0) is 31.9 Å². The van der Waals surface area contributed by atoms with Crippen LogP contribution in [0.5, 0.6) is 0 Å². The van der Waals surface area contributed by atoms with Gasteiger partial charge in [-0.25, -0.2) is 4.79 Å². The lowest BCUT2D eigenvalue weighted by Crippen LogP contribution is -2.44. The van der Waals surface area contributed by atoms with E-state index in [1.54, 1.807) is 20.8 Å². The van der Waals surface area contributed by atoms with Gasteiger partial charge < -0.3 is 24.8 Å². The van der Waals surface area contributed by atoms with E-state index in [1.807, 2.05) is 60.7 Å². The average Bonchev–Trinajstić information content (AvgIpc) is 2.78. The third-order valence-corrected chi connectivity index (χ3v) is 4.31. The van der Waals surface area contributed by atoms with Crippen LogP contribution in [0.15, 0.2) is 60.7 Å². The average molecular weight is 457 g/mol. The fraction of sp³-hybridized carbons (Fsp3) is 0.400. The van der Waals surface area contributed by atoms with Crippen molar-refractivity contribution in [3.05, 3.63) is 71.8 Å². The first kappa shape index (κ1) is 25.9. The smallest absolute Gasteiger partial charge is 0.407 e. The molecule has 0 saturated carbocycles. The summed E-state index contributed by atoms with van der Waals surface area (Å²) in [5, 5.41) is 5.56. The van der Waals surface area contributed by atoms with E-state index in [4.69, 9.17) is 14.2 Å². The number of ether oxygens (including phenoxy) is 3. The minimum absolute atomic E-state index is 0.0904. The number of hydrogen-bond acceptors (Lipinski definition) is 7. The molecule has 0 radical (unpaired) electrons. The van der Waals surface area contributed by atoms with Gasteiger partial charge >= 0.3 is 18.0 Å². The Labute approximate surface area is 194 Å². The first-order valence-electron chi connectivity index (χ1n) is 10.8. The van der Waals surface area contributed by atoms with Crippen molar-refractivity contribution in [3.8, 4) is 0 Å². The van der Waals surface area contributed by atoms with E-state index in [9.17, 15) is 14.4 Å². The van der Waals surface area contributed by atoms with Crippen LogP contribution in [0, 0.1) is 0 Å². The van der Waals surface area contributed by atoms with Crippen LogP contribution in [0.1, 0.15) is 38.3 Å². The third-order valence-electron chi connectivity index (χ3n) is 4.31. The van der Waals surface area contributed by atoms with Crippen LogP contribution in [0.25, 0.3) is 0 Å². The van der Waals surface area contributed by atoms with E-state index in [1.165, 1.54) is 0 Å². The van der Waals surface area contributed by atoms with Gasteiger partial charge in [-0.2, -0.15) is 0 Å². The molecule has 0 aliphatic rings. The molecule has 8 heteroatoms. The molecule has 1 amide bonds. The highest BCUT2D eigenvalue weighted by atomic mass is 16.6. The molecule has 0 aliphatic carbocycles. The van der Waals surface area contributed by atoms with Crippen LogP contribution in [0.2, 0.25) is 0 Å². The second-order valence-corrected chi connectivity index (χ2v) is 8.38. The maximum atomic E-state index is 12.6. The molecule has 2 aromatic carbocycles. The van der Waals surface area contributed by atoms with Crippen molar-refractivity contribution >= 4 is 18.0 Å². The molecule has 0 spiro atoms. The molecule has 0 aromatic heterocycles. The summed E-state index contributed by atoms with van der Waals surface area (Å²) in [6, 6.07) is 17.6. The fourth-order valence-corrected chi connectivity index (χ4v) is 2.76. The summed E-state index contributed by atoms with van der Waals surface area (Å²) in [4.78, 5) is 36.7. The van der Waals surface area contributed by atoms with E-state index in [-0.39, 0.29) is 32.7 Å². The molecule has 2 rings (SSSR count). The quantitative estimate of drug-likeness (QED) is 0.304. The zero-order valence-corrected chi connectivity index (χ0v) is 19.3. The minimum Gasteiger partial charge on any atom is -0.461 e. The fourth-order valence-electron chi connectivity index (χ4n) is 2.76. The van der Waals surface area contributed by atoms with Crippen molar-refractivity contribution in [2.75, 3.05) is 13.1 Å². The predicted molar refractivity (Wildman–Crippen MR) is 123 cm³/mol. The lowest BCUT2D eigenvalue weighted by Gasteiger charge is -2.20. The Morgan fingerprint density at radius 1 is 0.818 bits per heavy atom. The Morgan fingerprint density at radius 2 is 1.36 bits per heavy atom. The molecule has 0 fully saturated rings. The van der Waals surface area contributed by atoms with Crippen molar-refractivity contribution in [1.29, 1.82) is 0 Å². The van der Waals surface area contributed by atoms with E-state index >= 15 is 0 Å². The van der Waals surface area contributed by atoms with Gasteiger partial charge in [-0.3, -0.25) is 9.59 Å². The maximum Gasteiger partial charge on any atom is 0.407 e. The molecule has 0 bridgehead atoms. The number of amides is 1. The van der Waals surface area contributed by atoms with E-state index < -0.39 is 29.7 Å². The predicted octanol–water partition coefficient (Wildman–Crippen LogP) is 3.35. The number of nitrogens with one attached hydrogen (secondary N) is 2. The highest BCUT2D eigenvalue weighted by Gasteiger charge is 2.24. The van der Waals surface area contributed by atoms with Crippen molar-refractivity contribution in [3.63, 3.8) is 0 Å². The summed E-state index contributed by atoms with van der Waals surface area (Å²) >= 11 is 0. The maximum absolute atomic E-state index is 12.6. The number of benzene rings is 2. The van der Waals surface area contributed by atoms with E-state index in [2.05, 4.69) is 10.6 Å². The largest absolute Gasteiger partial charge is 0.461 e. The van der Waals surface area contributed by atoms with Crippen LogP contribution >= 0.6 is 0 Å². The molecular formula is C25H32N2O6. The zero-order chi connectivity index (χ0) is 24.1. The number of rotatable bonds is 11. The first-order chi connectivity index (χ1) is 15.7. The highest BCUT2D eigenvalue weighted by Crippen LogP contribution is 2.08. The third kappa shape index (κ3) is 11.2. The number of hydrogen-bond donors (Lipinski definition) is 2. The van der Waals surface area contributed by atoms with Gasteiger partial charge in [0.25, 0.3) is 0 Å². The van der Waals surface area contributed by atoms with Gasteiger partial charge in [-0.15, -0.1) is 0 Å². The van der Waals surface area contributed by atoms with Crippen molar-refractivity contribution in [1.82, 2.24) is 10.6 Å². The van der Waals surface area contributed by atoms with Gasteiger partial charge in [0.15, 0.2) is 0 Å². The normalized spacial score (nSPS) is 11.8. The van der Waals surface area contributed by atoms with E-state index in [0.29, 0.717) is 0 Å². The van der Waals surface area contributed by atoms with Crippen molar-refractivity contribution in [2.45, 2.75) is 52.0 Å². The Hall–Kier alpha value is -3.39. The Balaban J connectivity index is 1.86. The molecule has 8 nitrogen and oxygen atoms in total. The zero-order valence-electron chi connectivity index (χ0n) is 19.3. The van der Waals surface area contributed by atoms with Crippen LogP contribution in [0.3, 0.4) is 0 Å². The molecule has 33 heavy (non-hydrogen) atoms.